The van der Waals surface area contributed by atoms with E-state index >= 15 is 0 Å². The van der Waals surface area contributed by atoms with Crippen LogP contribution in [0.5, 0.6) is 11.5 Å². The van der Waals surface area contributed by atoms with E-state index in [2.05, 4.69) is 20.9 Å². The highest BCUT2D eigenvalue weighted by Crippen LogP contribution is 2.36. The van der Waals surface area contributed by atoms with Crippen molar-refractivity contribution in [3.05, 3.63) is 50.4 Å². The Morgan fingerprint density at radius 3 is 2.64 bits per heavy atom. The second-order valence-electron chi connectivity index (χ2n) is 3.89. The van der Waals surface area contributed by atoms with Crippen LogP contribution in [0.1, 0.15) is 11.3 Å². The zero-order valence-corrected chi connectivity index (χ0v) is 11.9. The minimum absolute atomic E-state index is 0.189. The number of rotatable bonds is 2. The first-order chi connectivity index (χ1) is 10.2. The van der Waals surface area contributed by atoms with Crippen molar-refractivity contribution in [2.45, 2.75) is 6.18 Å². The number of nitriles is 1. The van der Waals surface area contributed by atoms with Gasteiger partial charge in [-0.25, -0.2) is 9.37 Å². The Morgan fingerprint density at radius 1 is 1.36 bits per heavy atom. The van der Waals surface area contributed by atoms with Crippen molar-refractivity contribution in [2.75, 3.05) is 0 Å². The predicted octanol–water partition coefficient (Wildman–Crippen LogP) is 3.35. The van der Waals surface area contributed by atoms with Crippen LogP contribution in [0.3, 0.4) is 0 Å². The van der Waals surface area contributed by atoms with Crippen LogP contribution in [0.4, 0.5) is 17.6 Å². The molecule has 1 heterocycles. The number of aromatic amines is 1. The molecule has 2 rings (SSSR count). The Hall–Kier alpha value is -2.41. The quantitative estimate of drug-likeness (QED) is 0.813. The molecule has 0 unspecified atom stereocenters. The first kappa shape index (κ1) is 16.0. The fraction of sp³-hybridized carbons (Fsp3) is 0.0833. The molecule has 0 bridgehead atoms. The van der Waals surface area contributed by atoms with Crippen molar-refractivity contribution in [1.29, 1.82) is 5.26 Å². The van der Waals surface area contributed by atoms with Crippen LogP contribution in [0.25, 0.3) is 0 Å². The number of nitrogens with zero attached hydrogens (tertiary/aromatic N) is 2. The van der Waals surface area contributed by atoms with Crippen molar-refractivity contribution >= 4 is 15.9 Å². The molecule has 0 aliphatic carbocycles. The third-order valence-electron chi connectivity index (χ3n) is 2.42. The Bertz CT molecular complexity index is 827. The molecule has 0 radical (unpaired) electrons. The van der Waals surface area contributed by atoms with Gasteiger partial charge in [0.05, 0.1) is 11.9 Å². The van der Waals surface area contributed by atoms with E-state index in [1.165, 1.54) is 6.07 Å². The van der Waals surface area contributed by atoms with E-state index < -0.39 is 40.3 Å². The van der Waals surface area contributed by atoms with Crippen LogP contribution in [-0.4, -0.2) is 9.97 Å². The molecule has 10 heteroatoms. The average Bonchev–Trinajstić information content (AvgIpc) is 2.43. The van der Waals surface area contributed by atoms with Crippen LogP contribution >= 0.6 is 15.9 Å². The summed E-state index contributed by atoms with van der Waals surface area (Å²) < 4.78 is 57.3. The van der Waals surface area contributed by atoms with Gasteiger partial charge in [-0.15, -0.1) is 0 Å². The zero-order chi connectivity index (χ0) is 16.5. The molecule has 5 nitrogen and oxygen atoms in total. The first-order valence-corrected chi connectivity index (χ1v) is 6.25. The Labute approximate surface area is 128 Å². The van der Waals surface area contributed by atoms with Crippen LogP contribution in [0, 0.1) is 17.1 Å². The molecule has 0 amide bonds. The Balaban J connectivity index is 2.61. The Morgan fingerprint density at radius 2 is 2.05 bits per heavy atom. The van der Waals surface area contributed by atoms with E-state index in [1.807, 2.05) is 4.98 Å². The van der Waals surface area contributed by atoms with Crippen LogP contribution in [0.2, 0.25) is 0 Å². The maximum atomic E-state index is 13.9. The fourth-order valence-electron chi connectivity index (χ4n) is 1.51. The summed E-state index contributed by atoms with van der Waals surface area (Å²) in [5.41, 5.74) is -3.30. The van der Waals surface area contributed by atoms with Gasteiger partial charge in [-0.2, -0.15) is 18.4 Å². The fourth-order valence-corrected chi connectivity index (χ4v) is 1.95. The lowest BCUT2D eigenvalue weighted by Gasteiger charge is -2.12. The smallest absolute Gasteiger partial charge is 0.437 e. The Kier molecular flexibility index (Phi) is 4.18. The summed E-state index contributed by atoms with van der Waals surface area (Å²) in [6.45, 7) is 0. The summed E-state index contributed by atoms with van der Waals surface area (Å²) >= 11 is 2.96. The molecule has 1 aromatic heterocycles. The molecular weight excluding hydrogens is 374 g/mol. The van der Waals surface area contributed by atoms with E-state index in [-0.39, 0.29) is 4.47 Å². The summed E-state index contributed by atoms with van der Waals surface area (Å²) in [5.74, 6) is -3.12. The molecule has 0 saturated heterocycles. The molecule has 0 atom stereocenters. The van der Waals surface area contributed by atoms with Crippen molar-refractivity contribution in [2.24, 2.45) is 0 Å². The number of hydrogen-bond acceptors (Lipinski definition) is 4. The van der Waals surface area contributed by atoms with Gasteiger partial charge in [-0.1, -0.05) is 15.9 Å². The molecule has 114 valence electrons. The third kappa shape index (κ3) is 3.09. The number of benzene rings is 1. The standard InChI is InChI=1S/C12H4BrF4N3O2/c13-6-1-5(3-18)8(14)7(2-6)22-9-10(12(15,16)17)19-4-20-11(9)21/h1-2,4H,(H,19,20,21). The van der Waals surface area contributed by atoms with Gasteiger partial charge in [0.1, 0.15) is 6.07 Å². The van der Waals surface area contributed by atoms with E-state index in [9.17, 15) is 22.4 Å². The van der Waals surface area contributed by atoms with Gasteiger partial charge in [0.2, 0.25) is 5.75 Å². The van der Waals surface area contributed by atoms with Crippen LogP contribution in [-0.2, 0) is 6.18 Å². The lowest BCUT2D eigenvalue weighted by molar-refractivity contribution is -0.142. The second-order valence-corrected chi connectivity index (χ2v) is 4.80. The molecule has 1 N–H and O–H groups in total. The number of H-pyrrole nitrogens is 1. The molecule has 2 aromatic rings. The molecule has 0 fully saturated rings. The van der Waals surface area contributed by atoms with Crippen LogP contribution < -0.4 is 10.3 Å². The molecule has 1 aromatic carbocycles. The number of hydrogen-bond donors (Lipinski definition) is 1. The van der Waals surface area contributed by atoms with Gasteiger partial charge in [0.15, 0.2) is 17.3 Å². The molecule has 0 saturated carbocycles. The minimum Gasteiger partial charge on any atom is -0.446 e. The number of halogens is 5. The molecule has 0 aliphatic rings. The normalized spacial score (nSPS) is 11.1. The molecular formula is C12H4BrF4N3O2. The molecule has 0 spiro atoms. The number of nitrogens with one attached hydrogen (secondary N) is 1. The van der Waals surface area contributed by atoms with Gasteiger partial charge in [0.25, 0.3) is 5.56 Å². The van der Waals surface area contributed by atoms with Gasteiger partial charge in [0, 0.05) is 4.47 Å². The highest BCUT2D eigenvalue weighted by atomic mass is 79.9. The van der Waals surface area contributed by atoms with E-state index in [0.717, 1.165) is 12.1 Å². The van der Waals surface area contributed by atoms with E-state index in [0.29, 0.717) is 6.33 Å². The first-order valence-electron chi connectivity index (χ1n) is 5.46. The third-order valence-corrected chi connectivity index (χ3v) is 2.87. The highest BCUT2D eigenvalue weighted by molar-refractivity contribution is 9.10. The maximum Gasteiger partial charge on any atom is 0.437 e. The van der Waals surface area contributed by atoms with Crippen molar-refractivity contribution in [3.8, 4) is 17.6 Å². The largest absolute Gasteiger partial charge is 0.446 e. The number of alkyl halides is 3. The summed E-state index contributed by atoms with van der Waals surface area (Å²) in [4.78, 5) is 16.4. The minimum atomic E-state index is -4.97. The van der Waals surface area contributed by atoms with Gasteiger partial charge in [-0.3, -0.25) is 4.79 Å². The number of ether oxygens (including phenoxy) is 1. The van der Waals surface area contributed by atoms with E-state index in [1.54, 1.807) is 0 Å². The van der Waals surface area contributed by atoms with Crippen molar-refractivity contribution in [3.63, 3.8) is 0 Å². The summed E-state index contributed by atoms with van der Waals surface area (Å²) in [6.07, 6.45) is -4.42. The monoisotopic (exact) mass is 377 g/mol. The molecule has 0 aliphatic heterocycles. The van der Waals surface area contributed by atoms with Crippen molar-refractivity contribution < 1.29 is 22.3 Å². The topological polar surface area (TPSA) is 78.8 Å². The van der Waals surface area contributed by atoms with Gasteiger partial charge in [-0.05, 0) is 12.1 Å². The zero-order valence-electron chi connectivity index (χ0n) is 10.3. The average molecular weight is 378 g/mol. The van der Waals surface area contributed by atoms with Gasteiger partial charge >= 0.3 is 6.18 Å². The van der Waals surface area contributed by atoms with E-state index in [4.69, 9.17) is 10.00 Å². The summed E-state index contributed by atoms with van der Waals surface area (Å²) in [7, 11) is 0. The SMILES string of the molecule is N#Cc1cc(Br)cc(Oc2c(C(F)(F)F)nc[nH]c2=O)c1F. The van der Waals surface area contributed by atoms with Crippen LogP contribution in [0.15, 0.2) is 27.7 Å². The molecule has 22 heavy (non-hydrogen) atoms. The predicted molar refractivity (Wildman–Crippen MR) is 68.7 cm³/mol. The van der Waals surface area contributed by atoms with Crippen molar-refractivity contribution in [1.82, 2.24) is 9.97 Å². The highest BCUT2D eigenvalue weighted by Gasteiger charge is 2.38. The summed E-state index contributed by atoms with van der Waals surface area (Å²) in [6, 6.07) is 3.61. The number of aromatic nitrogens is 2. The lowest BCUT2D eigenvalue weighted by atomic mass is 10.2. The lowest BCUT2D eigenvalue weighted by Crippen LogP contribution is -2.19. The van der Waals surface area contributed by atoms with Gasteiger partial charge < -0.3 is 9.72 Å². The maximum absolute atomic E-state index is 13.9. The second kappa shape index (κ2) is 5.76. The summed E-state index contributed by atoms with van der Waals surface area (Å²) in [5, 5.41) is 8.75.